The average molecular weight is 488 g/mol. The zero-order valence-corrected chi connectivity index (χ0v) is 19.0. The van der Waals surface area contributed by atoms with Crippen LogP contribution < -0.4 is 0 Å². The number of aromatic nitrogens is 2. The van der Waals surface area contributed by atoms with Crippen LogP contribution in [0.4, 0.5) is 0 Å². The van der Waals surface area contributed by atoms with Crippen molar-refractivity contribution in [2.75, 3.05) is 13.1 Å². The number of carboxylic acid groups (broad SMARTS) is 3. The number of hydrogen-bond donors (Lipinski definition) is 5. The molecule has 4 rings (SSSR count). The van der Waals surface area contributed by atoms with Crippen molar-refractivity contribution in [1.82, 2.24) is 14.9 Å². The van der Waals surface area contributed by atoms with Gasteiger partial charge in [0.2, 0.25) is 0 Å². The number of pyridine rings is 2. The van der Waals surface area contributed by atoms with Gasteiger partial charge in [-0.1, -0.05) is 12.1 Å². The Morgan fingerprint density at radius 2 is 1.60 bits per heavy atom. The van der Waals surface area contributed by atoms with Crippen molar-refractivity contribution < 1.29 is 39.9 Å². The predicted octanol–water partition coefficient (Wildman–Crippen LogP) is 0.958. The van der Waals surface area contributed by atoms with Gasteiger partial charge in [-0.2, -0.15) is 0 Å². The fraction of sp³-hybridized carbons (Fsp3) is 0.458. The minimum atomic E-state index is -2.74. The molecule has 0 spiro atoms. The van der Waals surface area contributed by atoms with Crippen LogP contribution in [0.15, 0.2) is 48.8 Å². The standard InChI is InChI=1S/C18H21N3O.C6H8O7/c22-18(17-6-2-4-10-20-17)8-7-14-11-21(13-16(14)18)12-15-5-1-3-9-19-15;7-3(8)1-6(13,5(11)12)2-4(9)10/h1-6,9-10,14,16,22H,7-8,11-13H2;13H,1-2H2,(H,7,8)(H,9,10)(H,11,12)/t14-,16+,18-;/m0./s1. The molecular weight excluding hydrogens is 458 g/mol. The van der Waals surface area contributed by atoms with E-state index < -0.39 is 42.0 Å². The van der Waals surface area contributed by atoms with Crippen molar-refractivity contribution in [2.24, 2.45) is 11.8 Å². The summed E-state index contributed by atoms with van der Waals surface area (Å²) in [6.07, 6.45) is 3.24. The van der Waals surface area contributed by atoms with Gasteiger partial charge in [-0.05, 0) is 43.0 Å². The van der Waals surface area contributed by atoms with E-state index in [4.69, 9.17) is 20.4 Å². The highest BCUT2D eigenvalue weighted by Gasteiger charge is 2.53. The lowest BCUT2D eigenvalue weighted by Gasteiger charge is -2.29. The van der Waals surface area contributed by atoms with Gasteiger partial charge >= 0.3 is 17.9 Å². The Bertz CT molecular complexity index is 1020. The fourth-order valence-electron chi connectivity index (χ4n) is 4.89. The molecule has 11 heteroatoms. The van der Waals surface area contributed by atoms with Gasteiger partial charge in [-0.3, -0.25) is 24.5 Å². The highest BCUT2D eigenvalue weighted by atomic mass is 16.4. The summed E-state index contributed by atoms with van der Waals surface area (Å²) >= 11 is 0. The van der Waals surface area contributed by atoms with Gasteiger partial charge in [-0.15, -0.1) is 0 Å². The quantitative estimate of drug-likeness (QED) is 0.358. The van der Waals surface area contributed by atoms with Crippen LogP contribution in [0, 0.1) is 11.8 Å². The van der Waals surface area contributed by atoms with Gasteiger partial charge in [0.15, 0.2) is 5.60 Å². The molecule has 188 valence electrons. The molecule has 0 aromatic carbocycles. The number of fused-ring (bicyclic) bond motifs is 1. The topological polar surface area (TPSA) is 181 Å². The minimum Gasteiger partial charge on any atom is -0.481 e. The lowest BCUT2D eigenvalue weighted by molar-refractivity contribution is -0.170. The summed E-state index contributed by atoms with van der Waals surface area (Å²) in [5.74, 6) is -4.17. The van der Waals surface area contributed by atoms with Crippen LogP contribution in [0.3, 0.4) is 0 Å². The Balaban J connectivity index is 0.000000228. The number of aliphatic carboxylic acids is 3. The molecule has 1 aliphatic carbocycles. The molecule has 2 aliphatic rings. The fourth-order valence-corrected chi connectivity index (χ4v) is 4.89. The first-order valence-electron chi connectivity index (χ1n) is 11.2. The Morgan fingerprint density at radius 3 is 2.11 bits per heavy atom. The van der Waals surface area contributed by atoms with E-state index in [-0.39, 0.29) is 5.92 Å². The molecule has 35 heavy (non-hydrogen) atoms. The summed E-state index contributed by atoms with van der Waals surface area (Å²) in [7, 11) is 0. The number of hydrogen-bond acceptors (Lipinski definition) is 8. The van der Waals surface area contributed by atoms with Gasteiger partial charge in [0.1, 0.15) is 5.60 Å². The smallest absolute Gasteiger partial charge is 0.336 e. The third-order valence-corrected chi connectivity index (χ3v) is 6.53. The highest BCUT2D eigenvalue weighted by molar-refractivity contribution is 5.88. The second-order valence-electron chi connectivity index (χ2n) is 9.04. The summed E-state index contributed by atoms with van der Waals surface area (Å²) in [4.78, 5) is 41.7. The molecule has 2 aromatic heterocycles. The van der Waals surface area contributed by atoms with Gasteiger partial charge in [-0.25, -0.2) is 4.79 Å². The van der Waals surface area contributed by atoms with E-state index in [1.807, 2.05) is 36.5 Å². The lowest BCUT2D eigenvalue weighted by Crippen LogP contribution is -2.42. The summed E-state index contributed by atoms with van der Waals surface area (Å²) < 4.78 is 0. The monoisotopic (exact) mass is 487 g/mol. The van der Waals surface area contributed by atoms with E-state index in [1.165, 1.54) is 0 Å². The van der Waals surface area contributed by atoms with Crippen LogP contribution in [0.25, 0.3) is 0 Å². The molecule has 1 saturated heterocycles. The highest BCUT2D eigenvalue weighted by Crippen LogP contribution is 2.50. The summed E-state index contributed by atoms with van der Waals surface area (Å²) in [6, 6.07) is 11.9. The molecule has 1 saturated carbocycles. The summed E-state index contributed by atoms with van der Waals surface area (Å²) in [5, 5.41) is 45.0. The molecule has 0 radical (unpaired) electrons. The molecule has 5 N–H and O–H groups in total. The maximum absolute atomic E-state index is 11.2. The lowest BCUT2D eigenvalue weighted by atomic mass is 9.85. The zero-order valence-electron chi connectivity index (χ0n) is 19.0. The first-order valence-corrected chi connectivity index (χ1v) is 11.2. The van der Waals surface area contributed by atoms with Crippen LogP contribution in [-0.4, -0.2) is 77.0 Å². The van der Waals surface area contributed by atoms with Crippen molar-refractivity contribution in [3.05, 3.63) is 60.2 Å². The van der Waals surface area contributed by atoms with Gasteiger partial charge in [0.25, 0.3) is 0 Å². The van der Waals surface area contributed by atoms with Gasteiger partial charge in [0.05, 0.1) is 24.2 Å². The first kappa shape index (κ1) is 26.2. The average Bonchev–Trinajstić information content (AvgIpc) is 3.34. The van der Waals surface area contributed by atoms with Crippen LogP contribution in [-0.2, 0) is 26.5 Å². The van der Waals surface area contributed by atoms with Gasteiger partial charge in [0, 0.05) is 37.9 Å². The molecule has 0 amide bonds. The Morgan fingerprint density at radius 1 is 0.971 bits per heavy atom. The van der Waals surface area contributed by atoms with E-state index in [0.717, 1.165) is 43.9 Å². The molecular formula is C24H29N3O8. The largest absolute Gasteiger partial charge is 0.481 e. The molecule has 1 aliphatic heterocycles. The van der Waals surface area contributed by atoms with Crippen molar-refractivity contribution >= 4 is 17.9 Å². The SMILES string of the molecule is O=C(O)CC(O)(CC(=O)O)C(=O)O.O[C@@]1(c2ccccn2)CC[C@H]2CN(Cc3ccccn3)C[C@H]21. The molecule has 2 fully saturated rings. The van der Waals surface area contributed by atoms with Crippen molar-refractivity contribution in [3.63, 3.8) is 0 Å². The third kappa shape index (κ3) is 6.38. The summed E-state index contributed by atoms with van der Waals surface area (Å²) in [5.41, 5.74) is -1.56. The maximum Gasteiger partial charge on any atom is 0.336 e. The van der Waals surface area contributed by atoms with Crippen LogP contribution in [0.1, 0.15) is 37.1 Å². The van der Waals surface area contributed by atoms with Crippen molar-refractivity contribution in [2.45, 2.75) is 43.4 Å². The van der Waals surface area contributed by atoms with Crippen molar-refractivity contribution in [3.8, 4) is 0 Å². The van der Waals surface area contributed by atoms with Crippen LogP contribution in [0.2, 0.25) is 0 Å². The number of likely N-dealkylation sites (tertiary alicyclic amines) is 1. The second kappa shape index (κ2) is 10.9. The number of aliphatic hydroxyl groups is 2. The van der Waals surface area contributed by atoms with Crippen LogP contribution in [0.5, 0.6) is 0 Å². The molecule has 3 heterocycles. The third-order valence-electron chi connectivity index (χ3n) is 6.53. The Kier molecular flexibility index (Phi) is 8.15. The number of rotatable bonds is 8. The molecule has 0 bridgehead atoms. The van der Waals surface area contributed by atoms with E-state index in [9.17, 15) is 19.5 Å². The number of nitrogens with zero attached hydrogens (tertiary/aromatic N) is 3. The Hall–Kier alpha value is -3.41. The van der Waals surface area contributed by atoms with Crippen LogP contribution >= 0.6 is 0 Å². The Labute approximate surface area is 201 Å². The summed E-state index contributed by atoms with van der Waals surface area (Å²) in [6.45, 7) is 2.84. The molecule has 3 atom stereocenters. The normalized spacial score (nSPS) is 23.7. The van der Waals surface area contributed by atoms with E-state index in [0.29, 0.717) is 5.92 Å². The number of carboxylic acids is 3. The predicted molar refractivity (Wildman–Crippen MR) is 121 cm³/mol. The second-order valence-corrected chi connectivity index (χ2v) is 9.04. The van der Waals surface area contributed by atoms with E-state index in [2.05, 4.69) is 20.9 Å². The molecule has 11 nitrogen and oxygen atoms in total. The van der Waals surface area contributed by atoms with Gasteiger partial charge < -0.3 is 25.5 Å². The van der Waals surface area contributed by atoms with E-state index >= 15 is 0 Å². The van der Waals surface area contributed by atoms with Crippen molar-refractivity contribution in [1.29, 1.82) is 0 Å². The minimum absolute atomic E-state index is 0.283. The first-order chi connectivity index (χ1) is 16.5. The molecule has 2 aromatic rings. The number of carbonyl (C=O) groups is 3. The van der Waals surface area contributed by atoms with E-state index in [1.54, 1.807) is 6.20 Å². The maximum atomic E-state index is 11.2. The molecule has 0 unspecified atom stereocenters. The zero-order chi connectivity index (χ0) is 25.6.